The van der Waals surface area contributed by atoms with Gasteiger partial charge in [0.2, 0.25) is 0 Å². The number of hydrogen-bond acceptors (Lipinski definition) is 10. The molecule has 3 fully saturated rings. The zero-order valence-corrected chi connectivity index (χ0v) is 27.3. The van der Waals surface area contributed by atoms with Crippen LogP contribution in [0.25, 0.3) is 0 Å². The van der Waals surface area contributed by atoms with Crippen molar-refractivity contribution in [2.24, 2.45) is 23.2 Å². The molecule has 2 aliphatic heterocycles. The molecule has 2 heterocycles. The molecular weight excluding hydrogens is 526 g/mol. The highest BCUT2D eigenvalue weighted by Gasteiger charge is 2.48. The van der Waals surface area contributed by atoms with Gasteiger partial charge < -0.3 is 33.9 Å². The largest absolute Gasteiger partial charge is 0.463 e. The van der Waals surface area contributed by atoms with Gasteiger partial charge in [-0.05, 0) is 93.5 Å². The second-order valence-electron chi connectivity index (χ2n) is 14.0. The van der Waals surface area contributed by atoms with E-state index in [0.29, 0.717) is 24.8 Å². The minimum atomic E-state index is -1.38. The summed E-state index contributed by atoms with van der Waals surface area (Å²) < 4.78 is 24.5. The molecule has 10 nitrogen and oxygen atoms in total. The number of hydrogen-bond donors (Lipinski definition) is 1. The number of ether oxygens (including phenoxy) is 4. The number of ketones is 1. The zero-order chi connectivity index (χ0) is 30.8. The van der Waals surface area contributed by atoms with Crippen molar-refractivity contribution in [1.82, 2.24) is 14.7 Å². The minimum Gasteiger partial charge on any atom is -0.463 e. The summed E-state index contributed by atoms with van der Waals surface area (Å²) in [6.45, 7) is 10.2. The number of aliphatic hydroxyl groups excluding tert-OH is 1. The van der Waals surface area contributed by atoms with Crippen molar-refractivity contribution in [3.05, 3.63) is 0 Å². The maximum atomic E-state index is 14.0. The normalized spacial score (nSPS) is 41.8. The number of esters is 1. The summed E-state index contributed by atoms with van der Waals surface area (Å²) >= 11 is 0. The second kappa shape index (κ2) is 14.1. The standard InChI is InChI=1S/C31H57N3O7/c1-18-12-25(38-11)27(41-29-26(35)23(33(8)9)13-19(2)40-29)20(3)28(36)31(4,5)30(37)39-17-24(34(10)16-18)21-14-22(15-21)32(6)7/h18-27,29,35H,12-17H2,1-11H3/t18-,19-,20-,21?,22?,23+,24+,25-,26-,27-,29+/m1/s1. The number of rotatable bonds is 6. The minimum absolute atomic E-state index is 0.0740. The van der Waals surface area contributed by atoms with Crippen molar-refractivity contribution >= 4 is 11.8 Å². The molecule has 1 aliphatic carbocycles. The van der Waals surface area contributed by atoms with Gasteiger partial charge >= 0.3 is 5.97 Å². The summed E-state index contributed by atoms with van der Waals surface area (Å²) in [6.07, 6.45) is 0.278. The first-order valence-electron chi connectivity index (χ1n) is 15.3. The Kier molecular flexibility index (Phi) is 11.8. The van der Waals surface area contributed by atoms with Crippen LogP contribution in [0, 0.1) is 23.2 Å². The number of Topliss-reactive ketones (excluding diaryl/α,β-unsaturated/α-hetero) is 1. The summed E-state index contributed by atoms with van der Waals surface area (Å²) in [5.41, 5.74) is -1.38. The molecule has 0 bridgehead atoms. The molecule has 0 aromatic carbocycles. The average molecular weight is 584 g/mol. The van der Waals surface area contributed by atoms with E-state index < -0.39 is 41.9 Å². The molecule has 0 aromatic heterocycles. The number of likely N-dealkylation sites (N-methyl/N-ethyl adjacent to an activating group) is 2. The fourth-order valence-corrected chi connectivity index (χ4v) is 6.95. The molecule has 1 N–H and O–H groups in total. The lowest BCUT2D eigenvalue weighted by Crippen LogP contribution is -2.57. The van der Waals surface area contributed by atoms with E-state index in [9.17, 15) is 14.7 Å². The molecule has 1 saturated carbocycles. The van der Waals surface area contributed by atoms with Crippen LogP contribution in [0.5, 0.6) is 0 Å². The summed E-state index contributed by atoms with van der Waals surface area (Å²) in [5.74, 6) is -0.874. The van der Waals surface area contributed by atoms with Gasteiger partial charge in [-0.15, -0.1) is 0 Å². The first-order chi connectivity index (χ1) is 19.1. The van der Waals surface area contributed by atoms with E-state index in [1.54, 1.807) is 27.9 Å². The van der Waals surface area contributed by atoms with Gasteiger partial charge in [0.1, 0.15) is 18.1 Å². The van der Waals surface area contributed by atoms with Gasteiger partial charge in [0.15, 0.2) is 12.1 Å². The van der Waals surface area contributed by atoms with Crippen LogP contribution < -0.4 is 0 Å². The predicted octanol–water partition coefficient (Wildman–Crippen LogP) is 2.27. The summed E-state index contributed by atoms with van der Waals surface area (Å²) in [6, 6.07) is 0.456. The van der Waals surface area contributed by atoms with E-state index in [0.717, 1.165) is 19.4 Å². The Morgan fingerprint density at radius 3 is 2.20 bits per heavy atom. The van der Waals surface area contributed by atoms with Gasteiger partial charge in [0.05, 0.1) is 18.3 Å². The maximum Gasteiger partial charge on any atom is 0.319 e. The summed E-state index contributed by atoms with van der Waals surface area (Å²) in [4.78, 5) is 34.0. The van der Waals surface area contributed by atoms with Crippen LogP contribution in [0.2, 0.25) is 0 Å². The van der Waals surface area contributed by atoms with Crippen LogP contribution in [-0.2, 0) is 28.5 Å². The lowest BCUT2D eigenvalue weighted by atomic mass is 9.74. The molecule has 3 aliphatic rings. The smallest absolute Gasteiger partial charge is 0.319 e. The molecule has 41 heavy (non-hydrogen) atoms. The highest BCUT2D eigenvalue weighted by molar-refractivity contribution is 6.04. The van der Waals surface area contributed by atoms with Crippen LogP contribution in [0.1, 0.15) is 60.3 Å². The van der Waals surface area contributed by atoms with E-state index in [4.69, 9.17) is 18.9 Å². The van der Waals surface area contributed by atoms with E-state index in [1.165, 1.54) is 0 Å². The van der Waals surface area contributed by atoms with E-state index in [2.05, 4.69) is 37.9 Å². The van der Waals surface area contributed by atoms with Gasteiger partial charge in [-0.25, -0.2) is 0 Å². The molecule has 238 valence electrons. The van der Waals surface area contributed by atoms with Crippen molar-refractivity contribution < 1.29 is 33.6 Å². The molecule has 0 radical (unpaired) electrons. The Balaban J connectivity index is 1.91. The third kappa shape index (κ3) is 7.88. The summed E-state index contributed by atoms with van der Waals surface area (Å²) in [5, 5.41) is 11.2. The first-order valence-corrected chi connectivity index (χ1v) is 15.3. The Bertz CT molecular complexity index is 878. The van der Waals surface area contributed by atoms with Crippen molar-refractivity contribution in [2.45, 2.75) is 109 Å². The Hall–Kier alpha value is -1.14. The van der Waals surface area contributed by atoms with E-state index in [1.807, 2.05) is 25.9 Å². The quantitative estimate of drug-likeness (QED) is 0.370. The Morgan fingerprint density at radius 2 is 1.63 bits per heavy atom. The first kappa shape index (κ1) is 34.4. The third-order valence-electron chi connectivity index (χ3n) is 9.88. The molecule has 0 aromatic rings. The highest BCUT2D eigenvalue weighted by atomic mass is 16.7. The Labute approximate surface area is 248 Å². The van der Waals surface area contributed by atoms with Crippen molar-refractivity contribution in [3.8, 4) is 0 Å². The van der Waals surface area contributed by atoms with E-state index >= 15 is 0 Å². The maximum absolute atomic E-state index is 14.0. The highest BCUT2D eigenvalue weighted by Crippen LogP contribution is 2.37. The fraction of sp³-hybridized carbons (Fsp3) is 0.935. The molecule has 9 atom stereocenters. The van der Waals surface area contributed by atoms with Gasteiger partial charge in [0, 0.05) is 37.7 Å². The number of carbonyl (C=O) groups is 2. The van der Waals surface area contributed by atoms with Gasteiger partial charge in [-0.1, -0.05) is 13.8 Å². The number of methoxy groups -OCH3 is 1. The number of cyclic esters (lactones) is 1. The third-order valence-corrected chi connectivity index (χ3v) is 9.88. The molecule has 2 saturated heterocycles. The van der Waals surface area contributed by atoms with Gasteiger partial charge in [-0.2, -0.15) is 0 Å². The fourth-order valence-electron chi connectivity index (χ4n) is 6.95. The lowest BCUT2D eigenvalue weighted by molar-refractivity contribution is -0.284. The average Bonchev–Trinajstić information content (AvgIpc) is 2.86. The SMILES string of the molecule is CO[C@@H]1C[C@@H](C)CN(C)[C@H](C2CC(N(C)C)C2)COC(=O)C(C)(C)C(=O)[C@H](C)[C@H]1O[C@@H]1O[C@H](C)C[C@H](N(C)C)[C@H]1O. The topological polar surface area (TPSA) is 101 Å². The molecule has 0 unspecified atom stereocenters. The number of carbonyl (C=O) groups excluding carboxylic acids is 2. The van der Waals surface area contributed by atoms with Crippen LogP contribution in [0.4, 0.5) is 0 Å². The summed E-state index contributed by atoms with van der Waals surface area (Å²) in [7, 11) is 11.8. The van der Waals surface area contributed by atoms with Gasteiger partial charge in [0.25, 0.3) is 0 Å². The molecule has 0 spiro atoms. The molecule has 3 rings (SSSR count). The number of aliphatic hydroxyl groups is 1. The van der Waals surface area contributed by atoms with E-state index in [-0.39, 0.29) is 36.5 Å². The Morgan fingerprint density at radius 1 is 1.00 bits per heavy atom. The lowest BCUT2D eigenvalue weighted by Gasteiger charge is -2.46. The van der Waals surface area contributed by atoms with Crippen LogP contribution >= 0.6 is 0 Å². The van der Waals surface area contributed by atoms with Gasteiger partial charge in [-0.3, -0.25) is 14.5 Å². The molecular formula is C31H57N3O7. The molecule has 0 amide bonds. The molecule has 10 heteroatoms. The predicted molar refractivity (Wildman–Crippen MR) is 157 cm³/mol. The zero-order valence-electron chi connectivity index (χ0n) is 27.3. The second-order valence-corrected chi connectivity index (χ2v) is 14.0. The van der Waals surface area contributed by atoms with Crippen molar-refractivity contribution in [3.63, 3.8) is 0 Å². The number of nitrogens with zero attached hydrogens (tertiary/aromatic N) is 3. The van der Waals surface area contributed by atoms with Crippen molar-refractivity contribution in [1.29, 1.82) is 0 Å². The van der Waals surface area contributed by atoms with Crippen LogP contribution in [-0.4, -0.2) is 136 Å². The van der Waals surface area contributed by atoms with Crippen LogP contribution in [0.15, 0.2) is 0 Å². The monoisotopic (exact) mass is 583 g/mol. The van der Waals surface area contributed by atoms with Crippen LogP contribution in [0.3, 0.4) is 0 Å². The van der Waals surface area contributed by atoms with Crippen molar-refractivity contribution in [2.75, 3.05) is 55.5 Å².